The number of nitrogens with zero attached hydrogens (tertiary/aromatic N) is 3. The molecule has 0 N–H and O–H groups in total. The van der Waals surface area contributed by atoms with Gasteiger partial charge < -0.3 is 0 Å². The van der Waals surface area contributed by atoms with Crippen LogP contribution in [0.2, 0.25) is 0 Å². The quantitative estimate of drug-likeness (QED) is 0.595. The summed E-state index contributed by atoms with van der Waals surface area (Å²) >= 11 is 0. The van der Waals surface area contributed by atoms with Crippen LogP contribution in [0.1, 0.15) is 19.4 Å². The van der Waals surface area contributed by atoms with E-state index in [1.165, 1.54) is 0 Å². The first-order chi connectivity index (χ1) is 5.88. The van der Waals surface area contributed by atoms with Crippen molar-refractivity contribution >= 4 is 5.52 Å². The lowest BCUT2D eigenvalue weighted by Gasteiger charge is -1.93. The minimum absolute atomic E-state index is 1.12. The van der Waals surface area contributed by atoms with E-state index in [2.05, 4.69) is 10.3 Å². The highest BCUT2D eigenvalue weighted by Crippen LogP contribution is 2.05. The number of aromatic nitrogens is 3. The van der Waals surface area contributed by atoms with Crippen molar-refractivity contribution in [1.29, 1.82) is 0 Å². The van der Waals surface area contributed by atoms with E-state index >= 15 is 0 Å². The Labute approximate surface area is 72.0 Å². The first-order valence-electron chi connectivity index (χ1n) is 4.13. The predicted molar refractivity (Wildman–Crippen MR) is 49.1 cm³/mol. The molecule has 2 aromatic heterocycles. The van der Waals surface area contributed by atoms with E-state index in [-0.39, 0.29) is 0 Å². The molecule has 0 fully saturated rings. The normalized spacial score (nSPS) is 9.25. The lowest BCUT2D eigenvalue weighted by molar-refractivity contribution is 0.803. The number of fused-ring (bicyclic) bond motifs is 1. The van der Waals surface area contributed by atoms with Crippen molar-refractivity contribution in [2.75, 3.05) is 0 Å². The Kier molecular flexibility index (Phi) is 2.80. The Morgan fingerprint density at radius 3 is 2.75 bits per heavy atom. The summed E-state index contributed by atoms with van der Waals surface area (Å²) in [6, 6.07) is 3.97. The predicted octanol–water partition coefficient (Wildman–Crippen LogP) is 2.06. The maximum Gasteiger partial charge on any atom is 0.0708 e. The van der Waals surface area contributed by atoms with E-state index in [9.17, 15) is 0 Å². The third kappa shape index (κ3) is 1.44. The number of rotatable bonds is 0. The monoisotopic (exact) mass is 163 g/mol. The molecule has 0 atom stereocenters. The van der Waals surface area contributed by atoms with Crippen molar-refractivity contribution in [3.05, 3.63) is 30.1 Å². The van der Waals surface area contributed by atoms with E-state index in [1.807, 2.05) is 39.1 Å². The molecule has 0 unspecified atom stereocenters. The Balaban J connectivity index is 0.000000336. The van der Waals surface area contributed by atoms with Gasteiger partial charge in [0, 0.05) is 6.20 Å². The average molecular weight is 163 g/mol. The van der Waals surface area contributed by atoms with Gasteiger partial charge in [-0.15, -0.1) is 5.10 Å². The second kappa shape index (κ2) is 3.85. The molecule has 0 spiro atoms. The van der Waals surface area contributed by atoms with Gasteiger partial charge in [-0.3, -0.25) is 0 Å². The fourth-order valence-corrected chi connectivity index (χ4v) is 0.997. The molecule has 0 saturated carbocycles. The molecule has 2 rings (SSSR count). The van der Waals surface area contributed by atoms with E-state index < -0.39 is 0 Å². The molecule has 2 heterocycles. The molecular weight excluding hydrogens is 150 g/mol. The van der Waals surface area contributed by atoms with Gasteiger partial charge in [0.25, 0.3) is 0 Å². The fraction of sp³-hybridized carbons (Fsp3) is 0.333. The molecule has 0 aromatic carbocycles. The SMILES string of the molecule is CC.Cc1cnnn2cccc12. The van der Waals surface area contributed by atoms with Crippen LogP contribution in [0.25, 0.3) is 5.52 Å². The van der Waals surface area contributed by atoms with Crippen LogP contribution in [0.4, 0.5) is 0 Å². The maximum absolute atomic E-state index is 3.87. The van der Waals surface area contributed by atoms with Crippen LogP contribution in [0, 0.1) is 6.92 Å². The summed E-state index contributed by atoms with van der Waals surface area (Å²) in [4.78, 5) is 0. The van der Waals surface area contributed by atoms with Crippen molar-refractivity contribution in [2.45, 2.75) is 20.8 Å². The zero-order valence-electron chi connectivity index (χ0n) is 7.65. The molecule has 0 aliphatic rings. The third-order valence-corrected chi connectivity index (χ3v) is 1.53. The van der Waals surface area contributed by atoms with Crippen LogP contribution >= 0.6 is 0 Å². The Morgan fingerprint density at radius 2 is 2.08 bits per heavy atom. The lowest BCUT2D eigenvalue weighted by Crippen LogP contribution is -1.93. The fourth-order valence-electron chi connectivity index (χ4n) is 0.997. The molecule has 64 valence electrons. The summed E-state index contributed by atoms with van der Waals surface area (Å²) in [6.45, 7) is 6.02. The molecular formula is C9H13N3. The van der Waals surface area contributed by atoms with Crippen molar-refractivity contribution in [2.24, 2.45) is 0 Å². The van der Waals surface area contributed by atoms with Crippen molar-refractivity contribution in [1.82, 2.24) is 14.8 Å². The zero-order valence-corrected chi connectivity index (χ0v) is 7.65. The van der Waals surface area contributed by atoms with E-state index in [0.29, 0.717) is 0 Å². The smallest absolute Gasteiger partial charge is 0.0708 e. The largest absolute Gasteiger partial charge is 0.222 e. The molecule has 0 aliphatic heterocycles. The molecule has 3 heteroatoms. The molecule has 12 heavy (non-hydrogen) atoms. The summed E-state index contributed by atoms with van der Waals surface area (Å²) in [7, 11) is 0. The summed E-state index contributed by atoms with van der Waals surface area (Å²) in [5, 5.41) is 7.67. The molecule has 0 saturated heterocycles. The van der Waals surface area contributed by atoms with Crippen LogP contribution < -0.4 is 0 Å². The molecule has 3 nitrogen and oxygen atoms in total. The third-order valence-electron chi connectivity index (χ3n) is 1.53. The second-order valence-corrected chi connectivity index (χ2v) is 2.26. The number of hydrogen-bond donors (Lipinski definition) is 0. The minimum atomic E-state index is 1.12. The van der Waals surface area contributed by atoms with E-state index in [0.717, 1.165) is 11.1 Å². The second-order valence-electron chi connectivity index (χ2n) is 2.26. The van der Waals surface area contributed by atoms with E-state index in [4.69, 9.17) is 0 Å². The summed E-state index contributed by atoms with van der Waals surface area (Å²) in [5.41, 5.74) is 2.27. The van der Waals surface area contributed by atoms with Gasteiger partial charge in [-0.05, 0) is 24.6 Å². The van der Waals surface area contributed by atoms with Crippen LogP contribution in [-0.2, 0) is 0 Å². The highest BCUT2D eigenvalue weighted by atomic mass is 15.4. The number of aryl methyl sites for hydroxylation is 1. The lowest BCUT2D eigenvalue weighted by atomic mass is 10.3. The molecule has 0 amide bonds. The molecule has 0 radical (unpaired) electrons. The van der Waals surface area contributed by atoms with Gasteiger partial charge in [-0.1, -0.05) is 19.1 Å². The van der Waals surface area contributed by atoms with Gasteiger partial charge in [0.2, 0.25) is 0 Å². The van der Waals surface area contributed by atoms with Gasteiger partial charge in [0.05, 0.1) is 11.7 Å². The Morgan fingerprint density at radius 1 is 1.33 bits per heavy atom. The molecule has 2 aromatic rings. The number of hydrogen-bond acceptors (Lipinski definition) is 2. The van der Waals surface area contributed by atoms with Crippen LogP contribution in [0.15, 0.2) is 24.5 Å². The van der Waals surface area contributed by atoms with Gasteiger partial charge in [-0.25, -0.2) is 4.52 Å². The first kappa shape index (κ1) is 8.71. The Bertz CT molecular complexity index is 351. The van der Waals surface area contributed by atoms with Gasteiger partial charge in [-0.2, -0.15) is 0 Å². The topological polar surface area (TPSA) is 30.2 Å². The maximum atomic E-state index is 3.87. The summed E-state index contributed by atoms with van der Waals surface area (Å²) in [6.07, 6.45) is 3.64. The standard InChI is InChI=1S/C7H7N3.C2H6/c1-6-5-8-9-10-4-2-3-7(6)10;1-2/h2-5H,1H3;1-2H3. The van der Waals surface area contributed by atoms with Crippen LogP contribution in [0.3, 0.4) is 0 Å². The van der Waals surface area contributed by atoms with Gasteiger partial charge in [0.1, 0.15) is 0 Å². The highest BCUT2D eigenvalue weighted by Gasteiger charge is 1.94. The van der Waals surface area contributed by atoms with Gasteiger partial charge in [0.15, 0.2) is 0 Å². The van der Waals surface area contributed by atoms with Crippen molar-refractivity contribution < 1.29 is 0 Å². The Hall–Kier alpha value is -1.38. The molecule has 0 bridgehead atoms. The van der Waals surface area contributed by atoms with Crippen LogP contribution in [0.5, 0.6) is 0 Å². The summed E-state index contributed by atoms with van der Waals surface area (Å²) in [5.74, 6) is 0. The van der Waals surface area contributed by atoms with Crippen LogP contribution in [-0.4, -0.2) is 14.8 Å². The summed E-state index contributed by atoms with van der Waals surface area (Å²) < 4.78 is 1.76. The zero-order chi connectivity index (χ0) is 8.97. The molecule has 0 aliphatic carbocycles. The first-order valence-corrected chi connectivity index (χ1v) is 4.13. The average Bonchev–Trinajstić information content (AvgIpc) is 2.57. The van der Waals surface area contributed by atoms with Gasteiger partial charge >= 0.3 is 0 Å². The van der Waals surface area contributed by atoms with E-state index in [1.54, 1.807) is 10.7 Å². The highest BCUT2D eigenvalue weighted by molar-refractivity contribution is 5.51. The van der Waals surface area contributed by atoms with Crippen molar-refractivity contribution in [3.63, 3.8) is 0 Å². The van der Waals surface area contributed by atoms with Crippen molar-refractivity contribution in [3.8, 4) is 0 Å². The minimum Gasteiger partial charge on any atom is -0.222 e.